The summed E-state index contributed by atoms with van der Waals surface area (Å²) in [6, 6.07) is 17.8. The van der Waals surface area contributed by atoms with Crippen LogP contribution in [0.15, 0.2) is 60.7 Å². The lowest BCUT2D eigenvalue weighted by molar-refractivity contribution is -0.433. The van der Waals surface area contributed by atoms with Crippen LogP contribution >= 0.6 is 11.6 Å². The number of hydrogen-bond donors (Lipinski definition) is 2. The molecule has 6 nitrogen and oxygen atoms in total. The zero-order chi connectivity index (χ0) is 17.8. The highest BCUT2D eigenvalue weighted by Gasteiger charge is 2.22. The van der Waals surface area contributed by atoms with E-state index in [9.17, 15) is 10.1 Å². The average molecular weight is 365 g/mol. The Labute approximate surface area is 151 Å². The number of nitrogens with zero attached hydrogens (tertiary/aromatic N) is 2. The second kappa shape index (κ2) is 5.31. The molecule has 3 N–H and O–H groups in total. The van der Waals surface area contributed by atoms with Crippen LogP contribution in [0.3, 0.4) is 0 Å². The van der Waals surface area contributed by atoms with Gasteiger partial charge in [-0.05, 0) is 30.3 Å². The van der Waals surface area contributed by atoms with Gasteiger partial charge in [-0.25, -0.2) is 9.97 Å². The van der Waals surface area contributed by atoms with Gasteiger partial charge in [0.2, 0.25) is 0 Å². The molecule has 26 heavy (non-hydrogen) atoms. The minimum Gasteiger partial charge on any atom is -0.427 e. The average Bonchev–Trinajstić information content (AvgIpc) is 3.08. The van der Waals surface area contributed by atoms with E-state index in [-0.39, 0.29) is 0 Å². The summed E-state index contributed by atoms with van der Waals surface area (Å²) in [6.07, 6.45) is 0. The lowest BCUT2D eigenvalue weighted by Gasteiger charge is -2.01. The molecule has 2 aromatic heterocycles. The van der Waals surface area contributed by atoms with Gasteiger partial charge in [0.05, 0.1) is 16.1 Å². The van der Waals surface area contributed by atoms with Crippen LogP contribution in [-0.4, -0.2) is 14.9 Å². The Hall–Kier alpha value is -3.38. The number of H-pyrrole nitrogens is 2. The normalized spacial score (nSPS) is 11.6. The molecule has 2 heterocycles. The maximum Gasteiger partial charge on any atom is 0.295 e. The van der Waals surface area contributed by atoms with Gasteiger partial charge < -0.3 is 5.21 Å². The number of aromatic amines is 2. The summed E-state index contributed by atoms with van der Waals surface area (Å²) < 4.78 is 1.88. The van der Waals surface area contributed by atoms with Gasteiger partial charge in [-0.15, -0.1) is 0 Å². The first-order valence-electron chi connectivity index (χ1n) is 8.02. The van der Waals surface area contributed by atoms with Crippen LogP contribution in [-0.2, 0) is 0 Å². The molecule has 0 fully saturated rings. The quantitative estimate of drug-likeness (QED) is 0.271. The Morgan fingerprint density at radius 1 is 1.00 bits per heavy atom. The van der Waals surface area contributed by atoms with Crippen molar-refractivity contribution in [1.82, 2.24) is 9.71 Å². The summed E-state index contributed by atoms with van der Waals surface area (Å²) >= 11 is 5.95. The minimum absolute atomic E-state index is 0.372. The fourth-order valence-electron chi connectivity index (χ4n) is 3.25. The van der Waals surface area contributed by atoms with Crippen molar-refractivity contribution in [3.05, 3.63) is 70.6 Å². The molecule has 0 aliphatic carbocycles. The van der Waals surface area contributed by atoms with Crippen LogP contribution in [0.2, 0.25) is 5.02 Å². The molecule has 0 atom stereocenters. The van der Waals surface area contributed by atoms with Gasteiger partial charge in [-0.3, -0.25) is 0 Å². The van der Waals surface area contributed by atoms with E-state index in [1.165, 1.54) is 0 Å². The summed E-state index contributed by atoms with van der Waals surface area (Å²) in [6.45, 7) is 0. The number of nitrogens with one attached hydrogen (secondary N) is 2. The summed E-state index contributed by atoms with van der Waals surface area (Å²) in [4.78, 5) is 19.3. The molecule has 0 spiro atoms. The number of rotatable bonds is 1. The molecule has 0 bridgehead atoms. The third kappa shape index (κ3) is 2.09. The van der Waals surface area contributed by atoms with Gasteiger partial charge in [0.15, 0.2) is 22.1 Å². The van der Waals surface area contributed by atoms with Gasteiger partial charge in [0.1, 0.15) is 0 Å². The lowest BCUT2D eigenvalue weighted by atomic mass is 10.2. The van der Waals surface area contributed by atoms with Crippen LogP contribution < -0.4 is 9.41 Å². The summed E-state index contributed by atoms with van der Waals surface area (Å²) in [5.41, 5.74) is 4.12. The Morgan fingerprint density at radius 3 is 2.58 bits per heavy atom. The van der Waals surface area contributed by atoms with Crippen molar-refractivity contribution in [3.63, 3.8) is 0 Å². The predicted molar refractivity (Wildman–Crippen MR) is 98.9 cm³/mol. The van der Waals surface area contributed by atoms with Crippen molar-refractivity contribution in [2.45, 2.75) is 0 Å². The number of halogens is 1. The third-order valence-electron chi connectivity index (χ3n) is 4.54. The van der Waals surface area contributed by atoms with Crippen molar-refractivity contribution >= 4 is 44.7 Å². The fraction of sp³-hybridized carbons (Fsp3) is 0. The fourth-order valence-corrected chi connectivity index (χ4v) is 3.38. The highest BCUT2D eigenvalue weighted by molar-refractivity contribution is 6.30. The van der Waals surface area contributed by atoms with Crippen LogP contribution in [0, 0.1) is 4.91 Å². The molecule has 0 aliphatic rings. The van der Waals surface area contributed by atoms with Gasteiger partial charge in [0, 0.05) is 22.1 Å². The smallest absolute Gasteiger partial charge is 0.295 e. The SMILES string of the molecule is O=[n+]1c2ccccc2n(O)c2cc3[nH]c(-c4ccc(Cl)cc4)[nH+]c3cc21. The van der Waals surface area contributed by atoms with E-state index in [4.69, 9.17) is 11.6 Å². The van der Waals surface area contributed by atoms with Crippen molar-refractivity contribution in [2.24, 2.45) is 0 Å². The van der Waals surface area contributed by atoms with E-state index >= 15 is 0 Å². The first kappa shape index (κ1) is 14.9. The first-order valence-corrected chi connectivity index (χ1v) is 8.40. The predicted octanol–water partition coefficient (Wildman–Crippen LogP) is 3.56. The monoisotopic (exact) mass is 364 g/mol. The van der Waals surface area contributed by atoms with Crippen LogP contribution in [0.5, 0.6) is 0 Å². The van der Waals surface area contributed by atoms with Gasteiger partial charge in [-0.1, -0.05) is 23.7 Å². The maximum atomic E-state index is 12.8. The molecule has 0 amide bonds. The summed E-state index contributed by atoms with van der Waals surface area (Å²) in [5, 5.41) is 11.2. The molecule has 7 heteroatoms. The highest BCUT2D eigenvalue weighted by atomic mass is 35.5. The largest absolute Gasteiger partial charge is 0.427 e. The van der Waals surface area contributed by atoms with E-state index in [0.29, 0.717) is 27.1 Å². The van der Waals surface area contributed by atoms with Crippen LogP contribution in [0.1, 0.15) is 0 Å². The molecule has 0 saturated carbocycles. The Kier molecular flexibility index (Phi) is 3.05. The molecule has 5 aromatic rings. The van der Waals surface area contributed by atoms with Crippen LogP contribution in [0.25, 0.3) is 44.5 Å². The topological polar surface area (TPSA) is 78.1 Å². The molecule has 126 valence electrons. The molecule has 5 rings (SSSR count). The molecule has 0 radical (unpaired) electrons. The van der Waals surface area contributed by atoms with Crippen molar-refractivity contribution in [1.29, 1.82) is 0 Å². The highest BCUT2D eigenvalue weighted by Crippen LogP contribution is 2.23. The Balaban J connectivity index is 1.84. The number of imidazole rings is 1. The van der Waals surface area contributed by atoms with E-state index in [1.54, 1.807) is 36.4 Å². The molecular weight excluding hydrogens is 352 g/mol. The number of para-hydroxylation sites is 2. The molecule has 0 unspecified atom stereocenters. The van der Waals surface area contributed by atoms with E-state index in [0.717, 1.165) is 31.6 Å². The molecule has 3 aromatic carbocycles. The lowest BCUT2D eigenvalue weighted by Crippen LogP contribution is -2.20. The zero-order valence-electron chi connectivity index (χ0n) is 13.4. The summed E-state index contributed by atoms with van der Waals surface area (Å²) in [7, 11) is 0. The van der Waals surface area contributed by atoms with Crippen molar-refractivity contribution in [2.75, 3.05) is 0 Å². The van der Waals surface area contributed by atoms with Gasteiger partial charge in [-0.2, -0.15) is 4.73 Å². The number of fused-ring (bicyclic) bond motifs is 3. The zero-order valence-corrected chi connectivity index (χ0v) is 14.2. The van der Waals surface area contributed by atoms with E-state index in [1.807, 2.05) is 24.3 Å². The Bertz CT molecular complexity index is 1370. The standard InChI is InChI=1S/C19H12ClN4O2/c20-12-7-5-11(6-8-12)19-21-13-9-17-18(10-14(13)22-19)24(26)16-4-2-1-3-15(16)23(17)25/h1-10,25H,(H,21,22)/q+1/p+1. The van der Waals surface area contributed by atoms with Crippen molar-refractivity contribution in [3.8, 4) is 11.4 Å². The van der Waals surface area contributed by atoms with E-state index in [2.05, 4.69) is 9.97 Å². The maximum absolute atomic E-state index is 12.8. The Morgan fingerprint density at radius 2 is 1.77 bits per heavy atom. The second-order valence-electron chi connectivity index (χ2n) is 6.11. The minimum atomic E-state index is 0.372. The third-order valence-corrected chi connectivity index (χ3v) is 4.79. The number of hydrogen-bond acceptors (Lipinski definition) is 2. The van der Waals surface area contributed by atoms with Crippen molar-refractivity contribution < 1.29 is 14.6 Å². The van der Waals surface area contributed by atoms with E-state index < -0.39 is 0 Å². The van der Waals surface area contributed by atoms with Crippen LogP contribution in [0.4, 0.5) is 0 Å². The second-order valence-corrected chi connectivity index (χ2v) is 6.55. The van der Waals surface area contributed by atoms with Gasteiger partial charge >= 0.3 is 0 Å². The number of aromatic nitrogens is 4. The molecular formula is C19H13ClN4O2+2. The molecule has 0 saturated heterocycles. The summed E-state index contributed by atoms with van der Waals surface area (Å²) in [5.74, 6) is 0.790. The first-order chi connectivity index (χ1) is 12.6. The van der Waals surface area contributed by atoms with Gasteiger partial charge in [0.25, 0.3) is 16.9 Å². The molecule has 0 aliphatic heterocycles. The number of benzene rings is 3.